The van der Waals surface area contributed by atoms with Gasteiger partial charge >= 0.3 is 5.69 Å². The summed E-state index contributed by atoms with van der Waals surface area (Å²) < 4.78 is 25.7. The molecule has 1 aliphatic heterocycles. The zero-order valence-corrected chi connectivity index (χ0v) is 25.9. The molecule has 6 rings (SSSR count). The molecular formula is C37H34N2O8. The summed E-state index contributed by atoms with van der Waals surface area (Å²) in [5, 5.41) is 11.2. The molecule has 0 amide bonds. The highest BCUT2D eigenvalue weighted by Gasteiger charge is 2.42. The minimum absolute atomic E-state index is 0.0368. The summed E-state index contributed by atoms with van der Waals surface area (Å²) >= 11 is 0. The van der Waals surface area contributed by atoms with Crippen molar-refractivity contribution in [2.75, 3.05) is 20.8 Å². The Hall–Kier alpha value is -5.29. The standard InChI is InChI=1S/C37H34N2O8/c1-44-29-17-13-27(14-18-29)37(26-11-7-4-8-12-26,28-15-19-30(45-2)20-16-28)46-24-32-31(40)23-34(47-32)38-22-21-33(41)39(36(38)43)35(42)25-9-5-3-6-10-25/h3-22,31-32,34,40H,23-24H2,1-2H3/t31-,32+,34+/m0/s1. The van der Waals surface area contributed by atoms with Crippen molar-refractivity contribution in [3.05, 3.63) is 165 Å². The lowest BCUT2D eigenvalue weighted by molar-refractivity contribution is -0.0945. The Bertz CT molecular complexity index is 1890. The fourth-order valence-corrected chi connectivity index (χ4v) is 5.93. The van der Waals surface area contributed by atoms with E-state index in [0.717, 1.165) is 27.3 Å². The number of aliphatic hydroxyl groups excluding tert-OH is 1. The van der Waals surface area contributed by atoms with Gasteiger partial charge in [-0.25, -0.2) is 4.79 Å². The zero-order chi connectivity index (χ0) is 33.0. The monoisotopic (exact) mass is 634 g/mol. The molecule has 10 heteroatoms. The fourth-order valence-electron chi connectivity index (χ4n) is 5.93. The van der Waals surface area contributed by atoms with Gasteiger partial charge < -0.3 is 24.1 Å². The lowest BCUT2D eigenvalue weighted by atomic mass is 9.80. The van der Waals surface area contributed by atoms with Gasteiger partial charge in [0.05, 0.1) is 26.9 Å². The molecule has 0 saturated carbocycles. The van der Waals surface area contributed by atoms with Crippen molar-refractivity contribution in [3.63, 3.8) is 0 Å². The van der Waals surface area contributed by atoms with Crippen LogP contribution >= 0.6 is 0 Å². The lowest BCUT2D eigenvalue weighted by Gasteiger charge is -2.37. The average molecular weight is 635 g/mol. The second-order valence-electron chi connectivity index (χ2n) is 11.1. The molecule has 1 N–H and O–H groups in total. The largest absolute Gasteiger partial charge is 0.497 e. The first-order chi connectivity index (χ1) is 22.8. The highest BCUT2D eigenvalue weighted by Crippen LogP contribution is 2.42. The Morgan fingerprint density at radius 3 is 1.87 bits per heavy atom. The van der Waals surface area contributed by atoms with Crippen molar-refractivity contribution in [1.29, 1.82) is 0 Å². The Kier molecular flexibility index (Phi) is 9.17. The number of aliphatic hydroxyl groups is 1. The van der Waals surface area contributed by atoms with Gasteiger partial charge in [0.2, 0.25) is 0 Å². The molecule has 10 nitrogen and oxygen atoms in total. The van der Waals surface area contributed by atoms with Crippen LogP contribution in [0, 0.1) is 0 Å². The van der Waals surface area contributed by atoms with E-state index in [1.807, 2.05) is 78.9 Å². The maximum absolute atomic E-state index is 13.5. The topological polar surface area (TPSA) is 118 Å². The number of hydrogen-bond donors (Lipinski definition) is 1. The first kappa shape index (κ1) is 31.7. The van der Waals surface area contributed by atoms with Crippen molar-refractivity contribution in [3.8, 4) is 11.5 Å². The molecule has 1 aliphatic rings. The van der Waals surface area contributed by atoms with Crippen LogP contribution in [-0.2, 0) is 15.1 Å². The van der Waals surface area contributed by atoms with E-state index in [1.54, 1.807) is 32.4 Å². The van der Waals surface area contributed by atoms with Crippen LogP contribution in [0.3, 0.4) is 0 Å². The number of carbonyl (C=O) groups is 1. The van der Waals surface area contributed by atoms with E-state index in [9.17, 15) is 19.5 Å². The van der Waals surface area contributed by atoms with Crippen LogP contribution in [0.25, 0.3) is 0 Å². The minimum Gasteiger partial charge on any atom is -0.497 e. The van der Waals surface area contributed by atoms with E-state index in [2.05, 4.69) is 0 Å². The van der Waals surface area contributed by atoms with Crippen LogP contribution in [0.5, 0.6) is 11.5 Å². The molecule has 0 aliphatic carbocycles. The maximum Gasteiger partial charge on any atom is 0.340 e. The van der Waals surface area contributed by atoms with Crippen LogP contribution in [-0.4, -0.2) is 53.2 Å². The molecule has 1 fully saturated rings. The summed E-state index contributed by atoms with van der Waals surface area (Å²) in [6, 6.07) is 34.1. The first-order valence-electron chi connectivity index (χ1n) is 15.1. The number of rotatable bonds is 10. The van der Waals surface area contributed by atoms with Crippen LogP contribution in [0.15, 0.2) is 131 Å². The van der Waals surface area contributed by atoms with Crippen LogP contribution in [0.4, 0.5) is 0 Å². The van der Waals surface area contributed by atoms with Gasteiger partial charge in [-0.15, -0.1) is 0 Å². The molecule has 240 valence electrons. The summed E-state index contributed by atoms with van der Waals surface area (Å²) in [5.74, 6) is 0.612. The summed E-state index contributed by atoms with van der Waals surface area (Å²) in [5.41, 5.74) is -0.125. The van der Waals surface area contributed by atoms with Crippen molar-refractivity contribution >= 4 is 5.91 Å². The molecule has 3 atom stereocenters. The van der Waals surface area contributed by atoms with Gasteiger partial charge in [-0.3, -0.25) is 14.2 Å². The smallest absolute Gasteiger partial charge is 0.340 e. The molecule has 5 aromatic rings. The van der Waals surface area contributed by atoms with Crippen molar-refractivity contribution in [2.24, 2.45) is 0 Å². The summed E-state index contributed by atoms with van der Waals surface area (Å²) in [6.45, 7) is -0.0675. The number of hydrogen-bond acceptors (Lipinski definition) is 8. The normalized spacial score (nSPS) is 17.7. The highest BCUT2D eigenvalue weighted by molar-refractivity contribution is 5.95. The van der Waals surface area contributed by atoms with Crippen molar-refractivity contribution < 1.29 is 28.8 Å². The van der Waals surface area contributed by atoms with Gasteiger partial charge in [-0.05, 0) is 53.1 Å². The van der Waals surface area contributed by atoms with Gasteiger partial charge in [0.15, 0.2) is 0 Å². The van der Waals surface area contributed by atoms with Crippen molar-refractivity contribution in [1.82, 2.24) is 9.13 Å². The molecule has 4 aromatic carbocycles. The minimum atomic E-state index is -1.15. The predicted octanol–water partition coefficient (Wildman–Crippen LogP) is 4.37. The number of ether oxygens (including phenoxy) is 4. The van der Waals surface area contributed by atoms with Crippen LogP contribution < -0.4 is 20.7 Å². The lowest BCUT2D eigenvalue weighted by Crippen LogP contribution is -2.44. The van der Waals surface area contributed by atoms with E-state index >= 15 is 0 Å². The third-order valence-corrected chi connectivity index (χ3v) is 8.39. The molecule has 0 bridgehead atoms. The number of nitrogens with zero attached hydrogens (tertiary/aromatic N) is 2. The van der Waals surface area contributed by atoms with Crippen LogP contribution in [0.2, 0.25) is 0 Å². The van der Waals surface area contributed by atoms with Gasteiger partial charge in [0.25, 0.3) is 11.5 Å². The van der Waals surface area contributed by atoms with E-state index in [1.165, 1.54) is 18.3 Å². The molecule has 2 heterocycles. The van der Waals surface area contributed by atoms with Crippen molar-refractivity contribution in [2.45, 2.75) is 30.5 Å². The summed E-state index contributed by atoms with van der Waals surface area (Å²) in [6.07, 6.45) is -1.50. The Morgan fingerprint density at radius 2 is 1.32 bits per heavy atom. The van der Waals surface area contributed by atoms with Gasteiger partial charge in [-0.2, -0.15) is 4.57 Å². The summed E-state index contributed by atoms with van der Waals surface area (Å²) in [7, 11) is 3.20. The number of methoxy groups -OCH3 is 2. The van der Waals surface area contributed by atoms with Gasteiger partial charge in [-0.1, -0.05) is 72.8 Å². The average Bonchev–Trinajstić information content (AvgIpc) is 3.49. The molecule has 1 aromatic heterocycles. The third kappa shape index (κ3) is 6.14. The second kappa shape index (κ2) is 13.6. The van der Waals surface area contributed by atoms with E-state index in [0.29, 0.717) is 16.1 Å². The Balaban J connectivity index is 1.34. The number of benzene rings is 4. The zero-order valence-electron chi connectivity index (χ0n) is 25.9. The number of aromatic nitrogens is 2. The van der Waals surface area contributed by atoms with E-state index < -0.39 is 41.2 Å². The molecule has 1 saturated heterocycles. The fraction of sp³-hybridized carbons (Fsp3) is 0.216. The number of carbonyl (C=O) groups excluding carboxylic acids is 1. The molecule has 47 heavy (non-hydrogen) atoms. The SMILES string of the molecule is COc1ccc(C(OC[C@H]2O[C@@H](n3ccc(=O)n(C(=O)c4ccccc4)c3=O)C[C@@H]2O)(c2ccccc2)c2ccc(OC)cc2)cc1. The molecule has 0 spiro atoms. The van der Waals surface area contributed by atoms with Crippen LogP contribution in [0.1, 0.15) is 39.7 Å². The van der Waals surface area contributed by atoms with Gasteiger partial charge in [0.1, 0.15) is 29.4 Å². The Labute approximate surface area is 271 Å². The highest BCUT2D eigenvalue weighted by atomic mass is 16.6. The summed E-state index contributed by atoms with van der Waals surface area (Å²) in [4.78, 5) is 39.2. The Morgan fingerprint density at radius 1 is 0.787 bits per heavy atom. The molecule has 0 radical (unpaired) electrons. The third-order valence-electron chi connectivity index (χ3n) is 8.39. The predicted molar refractivity (Wildman–Crippen MR) is 174 cm³/mol. The van der Waals surface area contributed by atoms with E-state index in [-0.39, 0.29) is 18.6 Å². The molecule has 0 unspecified atom stereocenters. The maximum atomic E-state index is 13.5. The van der Waals surface area contributed by atoms with E-state index in [4.69, 9.17) is 18.9 Å². The quantitative estimate of drug-likeness (QED) is 0.225. The first-order valence-corrected chi connectivity index (χ1v) is 15.1. The molecular weight excluding hydrogens is 600 g/mol. The van der Waals surface area contributed by atoms with Gasteiger partial charge in [0, 0.05) is 24.2 Å². The second-order valence-corrected chi connectivity index (χ2v) is 11.1.